The number of nitrogens with one attached hydrogen (secondary N) is 1. The molecule has 2 nitrogen and oxygen atoms in total. The van der Waals surface area contributed by atoms with E-state index < -0.39 is 0 Å². The zero-order valence-electron chi connectivity index (χ0n) is 4.98. The van der Waals surface area contributed by atoms with Crippen molar-refractivity contribution in [2.45, 2.75) is 12.0 Å². The first-order chi connectivity index (χ1) is 3.77. The predicted octanol–water partition coefficient (Wildman–Crippen LogP) is -0.137. The van der Waals surface area contributed by atoms with Crippen molar-refractivity contribution in [2.75, 3.05) is 13.1 Å². The highest BCUT2D eigenvalue weighted by molar-refractivity contribution is 5.01. The quantitative estimate of drug-likeness (QED) is 0.488. The molecule has 1 saturated heterocycles. The summed E-state index contributed by atoms with van der Waals surface area (Å²) in [6.07, 6.45) is 2.81. The van der Waals surface area contributed by atoms with Crippen molar-refractivity contribution >= 4 is 0 Å². The first kappa shape index (κ1) is 5.79. The van der Waals surface area contributed by atoms with Crippen molar-refractivity contribution in [3.05, 3.63) is 12.7 Å². The molecule has 0 bridgehead atoms. The second kappa shape index (κ2) is 1.88. The molecule has 0 unspecified atom stereocenters. The highest BCUT2D eigenvalue weighted by Crippen LogP contribution is 2.11. The molecule has 0 aliphatic carbocycles. The van der Waals surface area contributed by atoms with Crippen LogP contribution in [0.2, 0.25) is 0 Å². The molecule has 0 radical (unpaired) electrons. The summed E-state index contributed by atoms with van der Waals surface area (Å²) in [5.41, 5.74) is 5.82. The summed E-state index contributed by atoms with van der Waals surface area (Å²) in [6.45, 7) is 5.51. The van der Waals surface area contributed by atoms with E-state index in [2.05, 4.69) is 11.9 Å². The number of nitrogens with two attached hydrogens (primary N) is 1. The van der Waals surface area contributed by atoms with Gasteiger partial charge in [0, 0.05) is 18.6 Å². The molecule has 0 aromatic heterocycles. The van der Waals surface area contributed by atoms with E-state index in [9.17, 15) is 0 Å². The Morgan fingerprint density at radius 1 is 1.75 bits per heavy atom. The van der Waals surface area contributed by atoms with Gasteiger partial charge >= 0.3 is 0 Å². The fourth-order valence-electron chi connectivity index (χ4n) is 0.878. The molecule has 0 aromatic rings. The topological polar surface area (TPSA) is 38.0 Å². The van der Waals surface area contributed by atoms with Gasteiger partial charge in [-0.25, -0.2) is 0 Å². The molecule has 0 spiro atoms. The molecule has 1 heterocycles. The van der Waals surface area contributed by atoms with E-state index in [0.717, 1.165) is 19.5 Å². The lowest BCUT2D eigenvalue weighted by Crippen LogP contribution is -2.65. The van der Waals surface area contributed by atoms with Gasteiger partial charge in [0.15, 0.2) is 0 Å². The van der Waals surface area contributed by atoms with Crippen LogP contribution in [0.15, 0.2) is 12.7 Å². The summed E-state index contributed by atoms with van der Waals surface area (Å²) in [6, 6.07) is 0. The Kier molecular flexibility index (Phi) is 1.36. The van der Waals surface area contributed by atoms with Crippen LogP contribution >= 0.6 is 0 Å². The Hall–Kier alpha value is -0.340. The summed E-state index contributed by atoms with van der Waals surface area (Å²) in [5, 5.41) is 3.11. The van der Waals surface area contributed by atoms with Crippen LogP contribution in [0, 0.1) is 0 Å². The first-order valence-corrected chi connectivity index (χ1v) is 2.87. The third-order valence-corrected chi connectivity index (χ3v) is 1.50. The van der Waals surface area contributed by atoms with E-state index in [1.165, 1.54) is 0 Å². The maximum absolute atomic E-state index is 5.78. The molecule has 1 rings (SSSR count). The van der Waals surface area contributed by atoms with Crippen LogP contribution in [-0.2, 0) is 0 Å². The summed E-state index contributed by atoms with van der Waals surface area (Å²) in [7, 11) is 0. The van der Waals surface area contributed by atoms with Crippen molar-refractivity contribution < 1.29 is 0 Å². The zero-order valence-corrected chi connectivity index (χ0v) is 4.98. The lowest BCUT2D eigenvalue weighted by molar-refractivity contribution is 0.284. The summed E-state index contributed by atoms with van der Waals surface area (Å²) in [5.74, 6) is 0. The van der Waals surface area contributed by atoms with Crippen LogP contribution in [0.4, 0.5) is 0 Å². The molecule has 1 aliphatic heterocycles. The minimum atomic E-state index is 0.0434. The average molecular weight is 112 g/mol. The Bertz CT molecular complexity index is 94.7. The van der Waals surface area contributed by atoms with Crippen LogP contribution in [0.25, 0.3) is 0 Å². The molecule has 0 amide bonds. The Balaban J connectivity index is 2.29. The Labute approximate surface area is 49.8 Å². The van der Waals surface area contributed by atoms with E-state index in [1.54, 1.807) is 0 Å². The molecule has 3 N–H and O–H groups in total. The third kappa shape index (κ3) is 0.904. The van der Waals surface area contributed by atoms with Gasteiger partial charge < -0.3 is 11.1 Å². The van der Waals surface area contributed by atoms with Gasteiger partial charge in [0.05, 0.1) is 0 Å². The predicted molar refractivity (Wildman–Crippen MR) is 34.6 cm³/mol. The van der Waals surface area contributed by atoms with E-state index in [0.29, 0.717) is 0 Å². The number of hydrogen-bond acceptors (Lipinski definition) is 2. The van der Waals surface area contributed by atoms with Gasteiger partial charge in [-0.1, -0.05) is 6.08 Å². The Morgan fingerprint density at radius 3 is 2.50 bits per heavy atom. The van der Waals surface area contributed by atoms with E-state index >= 15 is 0 Å². The smallest absolute Gasteiger partial charge is 0.0442 e. The normalized spacial score (nSPS) is 24.1. The minimum Gasteiger partial charge on any atom is -0.323 e. The summed E-state index contributed by atoms with van der Waals surface area (Å²) >= 11 is 0. The molecule has 2 heteroatoms. The lowest BCUT2D eigenvalue weighted by Gasteiger charge is -2.38. The average Bonchev–Trinajstić information content (AvgIpc) is 1.64. The van der Waals surface area contributed by atoms with Gasteiger partial charge in [-0.15, -0.1) is 6.58 Å². The Morgan fingerprint density at radius 2 is 2.38 bits per heavy atom. The first-order valence-electron chi connectivity index (χ1n) is 2.87. The molecule has 0 aromatic carbocycles. The molecule has 1 fully saturated rings. The third-order valence-electron chi connectivity index (χ3n) is 1.50. The molecule has 8 heavy (non-hydrogen) atoms. The van der Waals surface area contributed by atoms with Gasteiger partial charge in [-0.2, -0.15) is 0 Å². The van der Waals surface area contributed by atoms with Crippen LogP contribution in [0.3, 0.4) is 0 Å². The molecular formula is C6H12N2. The van der Waals surface area contributed by atoms with Crippen LogP contribution in [0.1, 0.15) is 6.42 Å². The fraction of sp³-hybridized carbons (Fsp3) is 0.667. The summed E-state index contributed by atoms with van der Waals surface area (Å²) in [4.78, 5) is 0. The van der Waals surface area contributed by atoms with E-state index in [-0.39, 0.29) is 5.54 Å². The summed E-state index contributed by atoms with van der Waals surface area (Å²) < 4.78 is 0. The minimum absolute atomic E-state index is 0.0434. The molecule has 0 saturated carbocycles. The van der Waals surface area contributed by atoms with E-state index in [4.69, 9.17) is 5.73 Å². The van der Waals surface area contributed by atoms with Gasteiger partial charge in [-0.3, -0.25) is 0 Å². The van der Waals surface area contributed by atoms with Gasteiger partial charge in [0.1, 0.15) is 0 Å². The van der Waals surface area contributed by atoms with Crippen molar-refractivity contribution in [3.8, 4) is 0 Å². The maximum Gasteiger partial charge on any atom is 0.0442 e. The highest BCUT2D eigenvalue weighted by Gasteiger charge is 2.30. The monoisotopic (exact) mass is 112 g/mol. The molecular weight excluding hydrogens is 100 g/mol. The van der Waals surface area contributed by atoms with Gasteiger partial charge in [-0.05, 0) is 6.42 Å². The number of rotatable bonds is 2. The van der Waals surface area contributed by atoms with Gasteiger partial charge in [0.2, 0.25) is 0 Å². The molecule has 46 valence electrons. The SMILES string of the molecule is C=CCC1(N)CNC1. The molecule has 1 aliphatic rings. The highest BCUT2D eigenvalue weighted by atomic mass is 15.1. The van der Waals surface area contributed by atoms with Crippen LogP contribution in [0.5, 0.6) is 0 Å². The number of hydrogen-bond donors (Lipinski definition) is 2. The second-order valence-corrected chi connectivity index (χ2v) is 2.46. The van der Waals surface area contributed by atoms with Crippen molar-refractivity contribution in [1.82, 2.24) is 5.32 Å². The van der Waals surface area contributed by atoms with Crippen molar-refractivity contribution in [1.29, 1.82) is 0 Å². The van der Waals surface area contributed by atoms with Crippen molar-refractivity contribution in [2.24, 2.45) is 5.73 Å². The van der Waals surface area contributed by atoms with Gasteiger partial charge in [0.25, 0.3) is 0 Å². The largest absolute Gasteiger partial charge is 0.323 e. The van der Waals surface area contributed by atoms with Crippen LogP contribution < -0.4 is 11.1 Å². The van der Waals surface area contributed by atoms with Crippen molar-refractivity contribution in [3.63, 3.8) is 0 Å². The van der Waals surface area contributed by atoms with E-state index in [1.807, 2.05) is 6.08 Å². The maximum atomic E-state index is 5.78. The molecule has 0 atom stereocenters. The lowest BCUT2D eigenvalue weighted by atomic mass is 9.90. The second-order valence-electron chi connectivity index (χ2n) is 2.46. The van der Waals surface area contributed by atoms with Crippen LogP contribution in [-0.4, -0.2) is 18.6 Å². The zero-order chi connectivity index (χ0) is 6.04. The fourth-order valence-corrected chi connectivity index (χ4v) is 0.878. The standard InChI is InChI=1S/C6H12N2/c1-2-3-6(7)4-8-5-6/h2,8H,1,3-5,7H2.